The van der Waals surface area contributed by atoms with Gasteiger partial charge in [0.2, 0.25) is 0 Å². The van der Waals surface area contributed by atoms with Crippen molar-refractivity contribution >= 4 is 37.9 Å². The van der Waals surface area contributed by atoms with Gasteiger partial charge in [0.05, 0.1) is 17.1 Å². The zero-order valence-corrected chi connectivity index (χ0v) is 21.6. The molecule has 1 amide bonds. The summed E-state index contributed by atoms with van der Waals surface area (Å²) < 4.78 is 29.3. The summed E-state index contributed by atoms with van der Waals surface area (Å²) in [4.78, 5) is 25.8. The monoisotopic (exact) mass is 520 g/mol. The summed E-state index contributed by atoms with van der Waals surface area (Å²) in [6.45, 7) is 3.94. The summed E-state index contributed by atoms with van der Waals surface area (Å²) in [6, 6.07) is 6.38. The zero-order valence-electron chi connectivity index (χ0n) is 20.0. The van der Waals surface area contributed by atoms with Crippen LogP contribution in [0.15, 0.2) is 24.3 Å². The normalized spacial score (nSPS) is 21.7. The third-order valence-corrected chi connectivity index (χ3v) is 9.49. The predicted octanol–water partition coefficient (Wildman–Crippen LogP) is 2.84. The van der Waals surface area contributed by atoms with Crippen molar-refractivity contribution in [2.24, 2.45) is 5.92 Å². The van der Waals surface area contributed by atoms with E-state index in [0.717, 1.165) is 24.8 Å². The van der Waals surface area contributed by atoms with Crippen molar-refractivity contribution in [3.63, 3.8) is 0 Å². The van der Waals surface area contributed by atoms with Crippen LogP contribution in [0.4, 0.5) is 5.00 Å². The number of benzene rings is 1. The molecular weight excluding hydrogens is 488 g/mol. The molecule has 0 saturated carbocycles. The maximum Gasteiger partial charge on any atom is 0.254 e. The van der Waals surface area contributed by atoms with Crippen molar-refractivity contribution < 1.29 is 27.9 Å². The molecule has 10 heteroatoms. The highest BCUT2D eigenvalue weighted by Gasteiger charge is 2.32. The molecule has 2 heterocycles. The van der Waals surface area contributed by atoms with E-state index >= 15 is 0 Å². The molecular formula is C25H32N2O6S2. The summed E-state index contributed by atoms with van der Waals surface area (Å²) in [5, 5.41) is 17.3. The van der Waals surface area contributed by atoms with Crippen LogP contribution < -0.4 is 15.4 Å². The SMILES string of the molecule is CC(=O)c1ccc(OCC(O)CNc2sc3c(c2C(=O)NC2CCS(=O)(=O)C2)CCC(C)C3)cc1. The van der Waals surface area contributed by atoms with E-state index in [1.165, 1.54) is 23.1 Å². The maximum absolute atomic E-state index is 13.2. The van der Waals surface area contributed by atoms with Gasteiger partial charge in [0, 0.05) is 23.0 Å². The van der Waals surface area contributed by atoms with Crippen LogP contribution in [-0.4, -0.2) is 62.0 Å². The second-order valence-electron chi connectivity index (χ2n) is 9.56. The van der Waals surface area contributed by atoms with Gasteiger partial charge in [-0.15, -0.1) is 11.3 Å². The first-order chi connectivity index (χ1) is 16.6. The lowest BCUT2D eigenvalue weighted by atomic mass is 9.88. The van der Waals surface area contributed by atoms with E-state index < -0.39 is 15.9 Å². The van der Waals surface area contributed by atoms with Gasteiger partial charge in [-0.2, -0.15) is 0 Å². The predicted molar refractivity (Wildman–Crippen MR) is 136 cm³/mol. The second-order valence-corrected chi connectivity index (χ2v) is 12.9. The van der Waals surface area contributed by atoms with Gasteiger partial charge in [0.25, 0.3) is 5.91 Å². The molecule has 1 aliphatic carbocycles. The lowest BCUT2D eigenvalue weighted by molar-refractivity contribution is 0.0939. The van der Waals surface area contributed by atoms with E-state index in [2.05, 4.69) is 17.6 Å². The summed E-state index contributed by atoms with van der Waals surface area (Å²) in [5.74, 6) is 0.904. The average Bonchev–Trinajstić information content (AvgIpc) is 3.34. The number of sulfone groups is 1. The summed E-state index contributed by atoms with van der Waals surface area (Å²) in [7, 11) is -3.09. The van der Waals surface area contributed by atoms with Crippen LogP contribution in [0.2, 0.25) is 0 Å². The lowest BCUT2D eigenvalue weighted by Gasteiger charge is -2.19. The van der Waals surface area contributed by atoms with Crippen LogP contribution in [-0.2, 0) is 22.7 Å². The molecule has 1 aliphatic heterocycles. The first-order valence-corrected chi connectivity index (χ1v) is 14.6. The topological polar surface area (TPSA) is 122 Å². The number of hydrogen-bond acceptors (Lipinski definition) is 8. The number of aliphatic hydroxyl groups is 1. The van der Waals surface area contributed by atoms with Crippen molar-refractivity contribution in [2.45, 2.75) is 51.7 Å². The zero-order chi connectivity index (χ0) is 25.2. The fourth-order valence-corrected chi connectivity index (χ4v) is 7.62. The van der Waals surface area contributed by atoms with E-state index in [0.29, 0.717) is 34.2 Å². The molecule has 190 valence electrons. The number of hydrogen-bond donors (Lipinski definition) is 3. The van der Waals surface area contributed by atoms with E-state index in [1.54, 1.807) is 24.3 Å². The smallest absolute Gasteiger partial charge is 0.254 e. The Labute approximate surface area is 210 Å². The lowest BCUT2D eigenvalue weighted by Crippen LogP contribution is -2.36. The van der Waals surface area contributed by atoms with Crippen molar-refractivity contribution in [3.8, 4) is 5.75 Å². The van der Waals surface area contributed by atoms with Crippen LogP contribution in [0.3, 0.4) is 0 Å². The summed E-state index contributed by atoms with van der Waals surface area (Å²) >= 11 is 1.54. The molecule has 0 bridgehead atoms. The fraction of sp³-hybridized carbons (Fsp3) is 0.520. The van der Waals surface area contributed by atoms with Crippen LogP contribution in [0.1, 0.15) is 57.8 Å². The van der Waals surface area contributed by atoms with Gasteiger partial charge in [-0.3, -0.25) is 9.59 Å². The van der Waals surface area contributed by atoms with Gasteiger partial charge in [-0.25, -0.2) is 8.42 Å². The van der Waals surface area contributed by atoms with E-state index in [1.807, 2.05) is 0 Å². The third-order valence-electron chi connectivity index (χ3n) is 6.51. The first-order valence-electron chi connectivity index (χ1n) is 11.9. The Hall–Kier alpha value is -2.43. The molecule has 4 rings (SSSR count). The number of aliphatic hydroxyl groups excluding tert-OH is 1. The molecule has 3 unspecified atom stereocenters. The number of ketones is 1. The van der Waals surface area contributed by atoms with Crippen molar-refractivity contribution in [1.82, 2.24) is 5.32 Å². The number of rotatable bonds is 9. The largest absolute Gasteiger partial charge is 0.491 e. The van der Waals surface area contributed by atoms with Crippen molar-refractivity contribution in [1.29, 1.82) is 0 Å². The highest BCUT2D eigenvalue weighted by molar-refractivity contribution is 7.91. The first kappa shape index (κ1) is 25.7. The minimum atomic E-state index is -3.09. The van der Waals surface area contributed by atoms with Crippen LogP contribution in [0, 0.1) is 5.92 Å². The van der Waals surface area contributed by atoms with E-state index in [-0.39, 0.29) is 42.4 Å². The Morgan fingerprint density at radius 2 is 1.97 bits per heavy atom. The Morgan fingerprint density at radius 1 is 1.23 bits per heavy atom. The minimum Gasteiger partial charge on any atom is -0.491 e. The van der Waals surface area contributed by atoms with Gasteiger partial charge in [0.15, 0.2) is 15.6 Å². The third kappa shape index (κ3) is 6.42. The Morgan fingerprint density at radius 3 is 2.63 bits per heavy atom. The number of carbonyl (C=O) groups is 2. The van der Waals surface area contributed by atoms with Crippen LogP contribution in [0.5, 0.6) is 5.75 Å². The standard InChI is InChI=1S/C25H32N2O6S2/c1-15-3-8-21-22(11-15)34-25(23(21)24(30)27-18-9-10-35(31,32)14-18)26-12-19(29)13-33-20-6-4-17(5-7-20)16(2)28/h4-7,15,18-19,26,29H,3,8-14H2,1-2H3,(H,27,30). The Balaban J connectivity index is 1.40. The summed E-state index contributed by atoms with van der Waals surface area (Å²) in [6.07, 6.45) is 2.32. The molecule has 8 nitrogen and oxygen atoms in total. The molecule has 1 aromatic heterocycles. The molecule has 1 fully saturated rings. The maximum atomic E-state index is 13.2. The summed E-state index contributed by atoms with van der Waals surface area (Å²) in [5.41, 5.74) is 2.20. The molecule has 3 atom stereocenters. The average molecular weight is 521 g/mol. The van der Waals surface area contributed by atoms with E-state index in [4.69, 9.17) is 4.74 Å². The number of Topliss-reactive ketones (excluding diaryl/α,β-unsaturated/α-hetero) is 1. The molecule has 3 N–H and O–H groups in total. The van der Waals surface area contributed by atoms with Crippen molar-refractivity contribution in [3.05, 3.63) is 45.8 Å². The molecule has 2 aliphatic rings. The van der Waals surface area contributed by atoms with E-state index in [9.17, 15) is 23.1 Å². The number of nitrogens with one attached hydrogen (secondary N) is 2. The van der Waals surface area contributed by atoms with Crippen LogP contribution >= 0.6 is 11.3 Å². The minimum absolute atomic E-state index is 0.0195. The number of amides is 1. The highest BCUT2D eigenvalue weighted by atomic mass is 32.2. The van der Waals surface area contributed by atoms with Gasteiger partial charge < -0.3 is 20.5 Å². The van der Waals surface area contributed by atoms with Crippen molar-refractivity contribution in [2.75, 3.05) is 30.0 Å². The Kier molecular flexibility index (Phi) is 7.83. The van der Waals surface area contributed by atoms with Gasteiger partial charge in [-0.1, -0.05) is 6.92 Å². The molecule has 1 saturated heterocycles. The highest BCUT2D eigenvalue weighted by Crippen LogP contribution is 2.39. The second kappa shape index (κ2) is 10.7. The number of ether oxygens (including phenoxy) is 1. The van der Waals surface area contributed by atoms with Crippen LogP contribution in [0.25, 0.3) is 0 Å². The molecule has 0 radical (unpaired) electrons. The quantitative estimate of drug-likeness (QED) is 0.435. The fourth-order valence-electron chi connectivity index (χ4n) is 4.53. The van der Waals surface area contributed by atoms with Gasteiger partial charge in [-0.05, 0) is 68.4 Å². The Bertz CT molecular complexity index is 1190. The number of carbonyl (C=O) groups excluding carboxylic acids is 2. The van der Waals surface area contributed by atoms with Gasteiger partial charge in [0.1, 0.15) is 23.5 Å². The molecule has 1 aromatic carbocycles. The molecule has 0 spiro atoms. The number of thiophene rings is 1. The number of fused-ring (bicyclic) bond motifs is 1. The number of anilines is 1. The van der Waals surface area contributed by atoms with Gasteiger partial charge >= 0.3 is 0 Å². The molecule has 2 aromatic rings. The molecule has 35 heavy (non-hydrogen) atoms.